The standard InChI is InChI=1S/C25H28N4O2/c30-23(28-14-16-31-17-15-28)12-13-29(18-19-6-2-1-3-7-19)25-21-8-4-5-9-22(21)26-24(27-25)20-10-11-20/h1-9,20H,10-18H2. The molecule has 0 unspecified atom stereocenters. The Balaban J connectivity index is 1.45. The first-order chi connectivity index (χ1) is 15.3. The lowest BCUT2D eigenvalue weighted by Crippen LogP contribution is -2.42. The Hall–Kier alpha value is -2.99. The maximum Gasteiger partial charge on any atom is 0.224 e. The van der Waals surface area contributed by atoms with Crippen molar-refractivity contribution in [1.29, 1.82) is 0 Å². The van der Waals surface area contributed by atoms with Gasteiger partial charge in [-0.3, -0.25) is 4.79 Å². The Bertz CT molecular complexity index is 1050. The van der Waals surface area contributed by atoms with Gasteiger partial charge in [0.05, 0.1) is 18.7 Å². The van der Waals surface area contributed by atoms with Crippen LogP contribution < -0.4 is 4.90 Å². The number of anilines is 1. The molecule has 3 aromatic rings. The molecule has 0 bridgehead atoms. The average Bonchev–Trinajstić information content (AvgIpc) is 3.68. The average molecular weight is 417 g/mol. The van der Waals surface area contributed by atoms with Gasteiger partial charge in [-0.15, -0.1) is 0 Å². The van der Waals surface area contributed by atoms with Crippen molar-refractivity contribution in [3.8, 4) is 0 Å². The molecule has 6 heteroatoms. The topological polar surface area (TPSA) is 58.6 Å². The van der Waals surface area contributed by atoms with Crippen molar-refractivity contribution < 1.29 is 9.53 Å². The molecule has 1 aromatic heterocycles. The minimum atomic E-state index is 0.183. The molecule has 1 aliphatic heterocycles. The van der Waals surface area contributed by atoms with Crippen LogP contribution in [0, 0.1) is 0 Å². The second-order valence-corrected chi connectivity index (χ2v) is 8.35. The highest BCUT2D eigenvalue weighted by Gasteiger charge is 2.28. The number of nitrogens with zero attached hydrogens (tertiary/aromatic N) is 4. The van der Waals surface area contributed by atoms with Crippen LogP contribution in [0.25, 0.3) is 10.9 Å². The van der Waals surface area contributed by atoms with Crippen LogP contribution in [0.5, 0.6) is 0 Å². The van der Waals surface area contributed by atoms with Gasteiger partial charge in [0.25, 0.3) is 0 Å². The van der Waals surface area contributed by atoms with Crippen molar-refractivity contribution in [2.75, 3.05) is 37.7 Å². The smallest absolute Gasteiger partial charge is 0.224 e. The Labute approximate surface area is 182 Å². The number of carbonyl (C=O) groups excluding carboxylic acids is 1. The van der Waals surface area contributed by atoms with E-state index in [0.29, 0.717) is 51.7 Å². The van der Waals surface area contributed by atoms with Crippen molar-refractivity contribution in [3.05, 3.63) is 66.0 Å². The summed E-state index contributed by atoms with van der Waals surface area (Å²) >= 11 is 0. The third kappa shape index (κ3) is 4.69. The summed E-state index contributed by atoms with van der Waals surface area (Å²) in [5.41, 5.74) is 2.18. The van der Waals surface area contributed by atoms with Gasteiger partial charge in [-0.1, -0.05) is 42.5 Å². The zero-order chi connectivity index (χ0) is 21.0. The highest BCUT2D eigenvalue weighted by atomic mass is 16.5. The van der Waals surface area contributed by atoms with Crippen LogP contribution in [0.1, 0.15) is 36.6 Å². The molecule has 160 valence electrons. The molecule has 0 radical (unpaired) electrons. The second-order valence-electron chi connectivity index (χ2n) is 8.35. The summed E-state index contributed by atoms with van der Waals surface area (Å²) in [6, 6.07) is 18.6. The van der Waals surface area contributed by atoms with Gasteiger partial charge in [0.2, 0.25) is 5.91 Å². The number of ether oxygens (including phenoxy) is 1. The van der Waals surface area contributed by atoms with E-state index in [0.717, 1.165) is 35.4 Å². The number of morpholine rings is 1. The van der Waals surface area contributed by atoms with E-state index in [1.807, 2.05) is 23.1 Å². The fourth-order valence-corrected chi connectivity index (χ4v) is 4.11. The maximum absolute atomic E-state index is 12.8. The predicted molar refractivity (Wildman–Crippen MR) is 121 cm³/mol. The molecule has 1 amide bonds. The van der Waals surface area contributed by atoms with E-state index in [2.05, 4.69) is 41.3 Å². The number of amides is 1. The van der Waals surface area contributed by atoms with Crippen LogP contribution in [0.15, 0.2) is 54.6 Å². The van der Waals surface area contributed by atoms with Crippen LogP contribution >= 0.6 is 0 Å². The number of rotatable bonds is 7. The van der Waals surface area contributed by atoms with E-state index in [9.17, 15) is 4.79 Å². The van der Waals surface area contributed by atoms with Crippen LogP contribution in [0.2, 0.25) is 0 Å². The molecule has 1 saturated carbocycles. The van der Waals surface area contributed by atoms with E-state index in [1.54, 1.807) is 0 Å². The van der Waals surface area contributed by atoms with Gasteiger partial charge in [0.1, 0.15) is 11.6 Å². The highest BCUT2D eigenvalue weighted by molar-refractivity contribution is 5.90. The Morgan fingerprint density at radius 2 is 1.74 bits per heavy atom. The quantitative estimate of drug-likeness (QED) is 0.587. The molecule has 2 aliphatic rings. The van der Waals surface area contributed by atoms with E-state index in [1.165, 1.54) is 5.56 Å². The predicted octanol–water partition coefficient (Wildman–Crippen LogP) is 3.76. The number of fused-ring (bicyclic) bond motifs is 1. The summed E-state index contributed by atoms with van der Waals surface area (Å²) in [7, 11) is 0. The minimum absolute atomic E-state index is 0.183. The number of carbonyl (C=O) groups is 1. The van der Waals surface area contributed by atoms with Crippen molar-refractivity contribution >= 4 is 22.6 Å². The minimum Gasteiger partial charge on any atom is -0.378 e. The molecule has 2 fully saturated rings. The van der Waals surface area contributed by atoms with Gasteiger partial charge >= 0.3 is 0 Å². The number of para-hydroxylation sites is 1. The number of aromatic nitrogens is 2. The monoisotopic (exact) mass is 416 g/mol. The van der Waals surface area contributed by atoms with Crippen LogP contribution in [-0.2, 0) is 16.1 Å². The fourth-order valence-electron chi connectivity index (χ4n) is 4.11. The van der Waals surface area contributed by atoms with Crippen LogP contribution in [0.4, 0.5) is 5.82 Å². The van der Waals surface area contributed by atoms with E-state index in [4.69, 9.17) is 14.7 Å². The number of hydrogen-bond acceptors (Lipinski definition) is 5. The van der Waals surface area contributed by atoms with Crippen molar-refractivity contribution in [2.24, 2.45) is 0 Å². The summed E-state index contributed by atoms with van der Waals surface area (Å²) < 4.78 is 5.39. The van der Waals surface area contributed by atoms with Crippen LogP contribution in [-0.4, -0.2) is 53.6 Å². The van der Waals surface area contributed by atoms with Gasteiger partial charge in [0.15, 0.2) is 0 Å². The molecular formula is C25H28N4O2. The summed E-state index contributed by atoms with van der Waals surface area (Å²) in [5, 5.41) is 1.04. The lowest BCUT2D eigenvalue weighted by Gasteiger charge is -2.29. The lowest BCUT2D eigenvalue weighted by molar-refractivity contribution is -0.135. The highest BCUT2D eigenvalue weighted by Crippen LogP contribution is 2.40. The zero-order valence-electron chi connectivity index (χ0n) is 17.7. The summed E-state index contributed by atoms with van der Waals surface area (Å²) in [5.74, 6) is 2.52. The fraction of sp³-hybridized carbons (Fsp3) is 0.400. The third-order valence-electron chi connectivity index (χ3n) is 6.02. The van der Waals surface area contributed by atoms with E-state index >= 15 is 0 Å². The lowest BCUT2D eigenvalue weighted by atomic mass is 10.1. The molecule has 6 nitrogen and oxygen atoms in total. The largest absolute Gasteiger partial charge is 0.378 e. The van der Waals surface area contributed by atoms with Crippen molar-refractivity contribution in [2.45, 2.75) is 31.7 Å². The molecule has 2 heterocycles. The van der Waals surface area contributed by atoms with Gasteiger partial charge in [0, 0.05) is 43.9 Å². The zero-order valence-corrected chi connectivity index (χ0v) is 17.7. The Morgan fingerprint density at radius 3 is 2.52 bits per heavy atom. The first-order valence-electron chi connectivity index (χ1n) is 11.2. The normalized spacial score (nSPS) is 16.5. The molecule has 31 heavy (non-hydrogen) atoms. The van der Waals surface area contributed by atoms with Crippen molar-refractivity contribution in [1.82, 2.24) is 14.9 Å². The van der Waals surface area contributed by atoms with Gasteiger partial charge < -0.3 is 14.5 Å². The molecule has 0 N–H and O–H groups in total. The summed E-state index contributed by atoms with van der Waals surface area (Å²) in [4.78, 5) is 26.9. The maximum atomic E-state index is 12.8. The SMILES string of the molecule is O=C(CCN(Cc1ccccc1)c1nc(C2CC2)nc2ccccc12)N1CCOCC1. The molecule has 0 spiro atoms. The first kappa shape index (κ1) is 19.9. The summed E-state index contributed by atoms with van der Waals surface area (Å²) in [6.45, 7) is 3.94. The van der Waals surface area contributed by atoms with Gasteiger partial charge in [-0.2, -0.15) is 0 Å². The molecular weight excluding hydrogens is 388 g/mol. The molecule has 1 saturated heterocycles. The van der Waals surface area contributed by atoms with Crippen LogP contribution in [0.3, 0.4) is 0 Å². The third-order valence-corrected chi connectivity index (χ3v) is 6.02. The summed E-state index contributed by atoms with van der Waals surface area (Å²) in [6.07, 6.45) is 2.78. The number of benzene rings is 2. The first-order valence-corrected chi connectivity index (χ1v) is 11.2. The molecule has 2 aromatic carbocycles. The van der Waals surface area contributed by atoms with E-state index in [-0.39, 0.29) is 5.91 Å². The van der Waals surface area contributed by atoms with Gasteiger partial charge in [-0.05, 0) is 30.5 Å². The van der Waals surface area contributed by atoms with Gasteiger partial charge in [-0.25, -0.2) is 9.97 Å². The van der Waals surface area contributed by atoms with Crippen molar-refractivity contribution in [3.63, 3.8) is 0 Å². The molecule has 0 atom stereocenters. The Morgan fingerprint density at radius 1 is 1.00 bits per heavy atom. The Kier molecular flexibility index (Phi) is 5.80. The number of hydrogen-bond donors (Lipinski definition) is 0. The van der Waals surface area contributed by atoms with E-state index < -0.39 is 0 Å². The molecule has 1 aliphatic carbocycles. The second kappa shape index (κ2) is 9.02. The molecule has 5 rings (SSSR count).